The van der Waals surface area contributed by atoms with E-state index < -0.39 is 24.1 Å². The van der Waals surface area contributed by atoms with E-state index in [1.165, 1.54) is 15.0 Å². The summed E-state index contributed by atoms with van der Waals surface area (Å²) in [6.45, 7) is 4.06. The molecule has 3 N–H and O–H groups in total. The van der Waals surface area contributed by atoms with Crippen molar-refractivity contribution in [2.24, 2.45) is 5.92 Å². The van der Waals surface area contributed by atoms with Gasteiger partial charge >= 0.3 is 12.2 Å². The molecule has 1 atom stereocenters. The zero-order valence-electron chi connectivity index (χ0n) is 15.0. The second-order valence-electron chi connectivity index (χ2n) is 5.45. The molecule has 0 heterocycles. The monoisotopic (exact) mass is 359 g/mol. The minimum absolute atomic E-state index is 0.00998. The van der Waals surface area contributed by atoms with Crippen LogP contribution in [0.1, 0.15) is 13.8 Å². The molecule has 0 aliphatic rings. The molecule has 0 aromatic rings. The molecule has 0 saturated carbocycles. The molecule has 0 fully saturated rings. The summed E-state index contributed by atoms with van der Waals surface area (Å²) in [7, 11) is 2.61. The molecular formula is C14H26BN3O7. The van der Waals surface area contributed by atoms with E-state index in [0.717, 1.165) is 0 Å². The fourth-order valence-corrected chi connectivity index (χ4v) is 1.62. The Kier molecular flexibility index (Phi) is 11.8. The van der Waals surface area contributed by atoms with Crippen molar-refractivity contribution in [1.82, 2.24) is 16.0 Å². The Morgan fingerprint density at radius 3 is 2.24 bits per heavy atom. The SMILES string of the molecule is BC(=O)CNC(=O)C(NC(=O)OCCOCCNC(=O)OC)C(C)C. The van der Waals surface area contributed by atoms with Crippen LogP contribution < -0.4 is 16.0 Å². The summed E-state index contributed by atoms with van der Waals surface area (Å²) in [6, 6.07) is -0.808. The Balaban J connectivity index is 3.98. The maximum absolute atomic E-state index is 11.9. The van der Waals surface area contributed by atoms with Gasteiger partial charge in [0.05, 0.1) is 26.9 Å². The number of hydrogen-bond donors (Lipinski definition) is 3. The summed E-state index contributed by atoms with van der Waals surface area (Å²) in [5, 5.41) is 7.32. The van der Waals surface area contributed by atoms with Crippen LogP contribution >= 0.6 is 0 Å². The molecule has 10 nitrogen and oxygen atoms in total. The van der Waals surface area contributed by atoms with E-state index in [1.807, 2.05) is 0 Å². The van der Waals surface area contributed by atoms with Gasteiger partial charge in [-0.25, -0.2) is 9.59 Å². The highest BCUT2D eigenvalue weighted by molar-refractivity contribution is 6.58. The van der Waals surface area contributed by atoms with Gasteiger partial charge in [0.1, 0.15) is 18.3 Å². The summed E-state index contributed by atoms with van der Waals surface area (Å²) < 4.78 is 14.4. The van der Waals surface area contributed by atoms with E-state index in [4.69, 9.17) is 9.47 Å². The van der Waals surface area contributed by atoms with Crippen molar-refractivity contribution in [2.75, 3.05) is 40.0 Å². The highest BCUT2D eigenvalue weighted by Crippen LogP contribution is 2.02. The Morgan fingerprint density at radius 1 is 1.00 bits per heavy atom. The predicted octanol–water partition coefficient (Wildman–Crippen LogP) is -1.61. The highest BCUT2D eigenvalue weighted by Gasteiger charge is 2.24. The van der Waals surface area contributed by atoms with Gasteiger partial charge in [0.25, 0.3) is 0 Å². The maximum Gasteiger partial charge on any atom is 0.407 e. The van der Waals surface area contributed by atoms with Crippen LogP contribution in [0.25, 0.3) is 0 Å². The summed E-state index contributed by atoms with van der Waals surface area (Å²) in [4.78, 5) is 45.3. The van der Waals surface area contributed by atoms with Crippen molar-refractivity contribution in [1.29, 1.82) is 0 Å². The Bertz CT molecular complexity index is 460. The van der Waals surface area contributed by atoms with Gasteiger partial charge < -0.3 is 35.0 Å². The Morgan fingerprint density at radius 2 is 1.68 bits per heavy atom. The van der Waals surface area contributed by atoms with Crippen molar-refractivity contribution < 1.29 is 33.4 Å². The van der Waals surface area contributed by atoms with Crippen LogP contribution in [0, 0.1) is 5.92 Å². The first-order valence-corrected chi connectivity index (χ1v) is 7.88. The van der Waals surface area contributed by atoms with E-state index in [0.29, 0.717) is 0 Å². The molecule has 0 saturated heterocycles. The first-order chi connectivity index (χ1) is 11.8. The van der Waals surface area contributed by atoms with E-state index in [-0.39, 0.29) is 44.5 Å². The minimum atomic E-state index is -0.808. The van der Waals surface area contributed by atoms with Crippen LogP contribution in [0.4, 0.5) is 9.59 Å². The molecule has 0 aromatic carbocycles. The van der Waals surface area contributed by atoms with Gasteiger partial charge in [-0.2, -0.15) is 0 Å². The summed E-state index contributed by atoms with van der Waals surface area (Å²) in [6.07, 6.45) is -1.31. The number of methoxy groups -OCH3 is 1. The van der Waals surface area contributed by atoms with E-state index in [1.54, 1.807) is 13.8 Å². The van der Waals surface area contributed by atoms with Gasteiger partial charge in [-0.3, -0.25) is 4.79 Å². The lowest BCUT2D eigenvalue weighted by atomic mass is 10.0. The quantitative estimate of drug-likeness (QED) is 0.299. The number of carbonyl (C=O) groups is 4. The zero-order chi connectivity index (χ0) is 19.2. The topological polar surface area (TPSA) is 132 Å². The maximum atomic E-state index is 11.9. The molecule has 0 bridgehead atoms. The number of alkyl carbamates (subject to hydrolysis) is 2. The molecule has 0 aliphatic carbocycles. The molecular weight excluding hydrogens is 333 g/mol. The highest BCUT2D eigenvalue weighted by atomic mass is 16.6. The fraction of sp³-hybridized carbons (Fsp3) is 0.714. The normalized spacial score (nSPS) is 11.4. The third-order valence-electron chi connectivity index (χ3n) is 2.90. The second kappa shape index (κ2) is 13.0. The lowest BCUT2D eigenvalue weighted by molar-refractivity contribution is -0.125. The molecule has 25 heavy (non-hydrogen) atoms. The van der Waals surface area contributed by atoms with Gasteiger partial charge in [0.15, 0.2) is 7.85 Å². The molecule has 0 spiro atoms. The van der Waals surface area contributed by atoms with Crippen molar-refractivity contribution >= 4 is 31.6 Å². The van der Waals surface area contributed by atoms with Crippen molar-refractivity contribution in [3.63, 3.8) is 0 Å². The molecule has 0 rings (SSSR count). The van der Waals surface area contributed by atoms with Crippen LogP contribution in [-0.4, -0.2) is 77.7 Å². The van der Waals surface area contributed by atoms with Crippen molar-refractivity contribution in [2.45, 2.75) is 19.9 Å². The molecule has 0 radical (unpaired) electrons. The number of hydrogen-bond acceptors (Lipinski definition) is 7. The largest absolute Gasteiger partial charge is 0.453 e. The predicted molar refractivity (Wildman–Crippen MR) is 90.9 cm³/mol. The third kappa shape index (κ3) is 11.8. The average Bonchev–Trinajstić information content (AvgIpc) is 2.55. The number of rotatable bonds is 11. The fourth-order valence-electron chi connectivity index (χ4n) is 1.62. The van der Waals surface area contributed by atoms with Gasteiger partial charge in [0, 0.05) is 6.54 Å². The van der Waals surface area contributed by atoms with E-state index in [2.05, 4.69) is 20.7 Å². The molecule has 1 unspecified atom stereocenters. The van der Waals surface area contributed by atoms with E-state index >= 15 is 0 Å². The number of amides is 3. The van der Waals surface area contributed by atoms with Gasteiger partial charge in [-0.1, -0.05) is 13.8 Å². The van der Waals surface area contributed by atoms with Crippen molar-refractivity contribution in [3.05, 3.63) is 0 Å². The van der Waals surface area contributed by atoms with Crippen LogP contribution in [0.5, 0.6) is 0 Å². The molecule has 0 aromatic heterocycles. The number of ether oxygens (including phenoxy) is 3. The van der Waals surface area contributed by atoms with Crippen LogP contribution in [0.3, 0.4) is 0 Å². The second-order valence-corrected chi connectivity index (χ2v) is 5.45. The molecule has 0 aliphatic heterocycles. The lowest BCUT2D eigenvalue weighted by Crippen LogP contribution is -2.50. The van der Waals surface area contributed by atoms with Crippen LogP contribution in [0.2, 0.25) is 0 Å². The zero-order valence-corrected chi connectivity index (χ0v) is 15.0. The lowest BCUT2D eigenvalue weighted by Gasteiger charge is -2.21. The third-order valence-corrected chi connectivity index (χ3v) is 2.90. The number of carbonyl (C=O) groups excluding carboxylic acids is 4. The molecule has 11 heteroatoms. The molecule has 142 valence electrons. The van der Waals surface area contributed by atoms with Crippen LogP contribution in [-0.2, 0) is 23.8 Å². The van der Waals surface area contributed by atoms with Gasteiger partial charge in [0.2, 0.25) is 5.91 Å². The van der Waals surface area contributed by atoms with Crippen molar-refractivity contribution in [3.8, 4) is 0 Å². The summed E-state index contributed by atoms with van der Waals surface area (Å²) in [5.41, 5.74) is -0.183. The summed E-state index contributed by atoms with van der Waals surface area (Å²) >= 11 is 0. The van der Waals surface area contributed by atoms with Gasteiger partial charge in [-0.05, 0) is 5.92 Å². The first-order valence-electron chi connectivity index (χ1n) is 7.88. The Hall–Kier alpha value is -2.30. The smallest absolute Gasteiger partial charge is 0.407 e. The summed E-state index contributed by atoms with van der Waals surface area (Å²) in [5.74, 6) is -0.632. The Labute approximate surface area is 147 Å². The van der Waals surface area contributed by atoms with Crippen LogP contribution in [0.15, 0.2) is 0 Å². The van der Waals surface area contributed by atoms with Gasteiger partial charge in [-0.15, -0.1) is 0 Å². The molecule has 3 amide bonds. The van der Waals surface area contributed by atoms with E-state index in [9.17, 15) is 19.2 Å². The minimum Gasteiger partial charge on any atom is -0.453 e. The first kappa shape index (κ1) is 22.7. The average molecular weight is 359 g/mol. The number of nitrogens with one attached hydrogen (secondary N) is 3. The standard InChI is InChI=1S/C14H26BN3O7/c1-9(2)11(12(20)17-8-10(15)19)18-14(22)25-7-6-24-5-4-16-13(21)23-3/h9,11H,4-8,15H2,1-3H3,(H,16,21)(H,17,20)(H,18,22).